The van der Waals surface area contributed by atoms with Gasteiger partial charge in [0.15, 0.2) is 5.82 Å². The van der Waals surface area contributed by atoms with Crippen molar-refractivity contribution in [1.29, 1.82) is 0 Å². The van der Waals surface area contributed by atoms with Gasteiger partial charge in [-0.2, -0.15) is 19.9 Å². The van der Waals surface area contributed by atoms with Crippen molar-refractivity contribution >= 4 is 17.8 Å². The maximum Gasteiger partial charge on any atom is 0.231 e. The van der Waals surface area contributed by atoms with Crippen molar-refractivity contribution in [2.75, 3.05) is 36.2 Å². The molecule has 0 amide bonds. The second-order valence-electron chi connectivity index (χ2n) is 4.30. The van der Waals surface area contributed by atoms with Gasteiger partial charge in [-0.1, -0.05) is 12.1 Å². The van der Waals surface area contributed by atoms with Gasteiger partial charge >= 0.3 is 0 Å². The topological polar surface area (TPSA) is 105 Å². The summed E-state index contributed by atoms with van der Waals surface area (Å²) in [6, 6.07) is 0. The Hall–Kier alpha value is -2.45. The summed E-state index contributed by atoms with van der Waals surface area (Å²) in [4.78, 5) is 18.7. The van der Waals surface area contributed by atoms with Crippen LogP contribution >= 0.6 is 0 Å². The Balaban J connectivity index is 2.11. The van der Waals surface area contributed by atoms with Gasteiger partial charge < -0.3 is 20.1 Å². The van der Waals surface area contributed by atoms with Crippen LogP contribution < -0.4 is 15.5 Å². The molecule has 0 atom stereocenters. The summed E-state index contributed by atoms with van der Waals surface area (Å²) in [5.41, 5.74) is 0. The van der Waals surface area contributed by atoms with E-state index in [2.05, 4.69) is 47.2 Å². The highest BCUT2D eigenvalue weighted by Crippen LogP contribution is 2.11. The molecule has 9 heteroatoms. The summed E-state index contributed by atoms with van der Waals surface area (Å²) in [5, 5.41) is 9.90. The number of hydrogen-bond acceptors (Lipinski definition) is 9. The Labute approximate surface area is 116 Å². The van der Waals surface area contributed by atoms with Crippen molar-refractivity contribution in [3.05, 3.63) is 12.2 Å². The molecule has 0 unspecified atom stereocenters. The first-order valence-corrected chi connectivity index (χ1v) is 6.35. The average Bonchev–Trinajstić information content (AvgIpc) is 2.96. The molecule has 2 aromatic rings. The predicted molar refractivity (Wildman–Crippen MR) is 74.6 cm³/mol. The Kier molecular flexibility index (Phi) is 4.64. The fraction of sp³-hybridized carbons (Fsp3) is 0.545. The van der Waals surface area contributed by atoms with Crippen LogP contribution in [0.4, 0.5) is 17.8 Å². The fourth-order valence-electron chi connectivity index (χ4n) is 1.39. The minimum Gasteiger partial charge on any atom is -0.354 e. The molecule has 0 saturated heterocycles. The van der Waals surface area contributed by atoms with E-state index in [1.54, 1.807) is 0 Å². The normalized spacial score (nSPS) is 10.3. The van der Waals surface area contributed by atoms with Crippen molar-refractivity contribution in [3.8, 4) is 0 Å². The maximum atomic E-state index is 4.67. The van der Waals surface area contributed by atoms with Crippen LogP contribution in [0, 0.1) is 0 Å². The number of nitrogens with zero attached hydrogens (tertiary/aromatic N) is 6. The number of anilines is 3. The number of nitrogens with one attached hydrogen (secondary N) is 2. The maximum absolute atomic E-state index is 4.67. The monoisotopic (exact) mass is 278 g/mol. The van der Waals surface area contributed by atoms with Crippen molar-refractivity contribution in [1.82, 2.24) is 25.1 Å². The Morgan fingerprint density at radius 3 is 2.50 bits per heavy atom. The first-order chi connectivity index (χ1) is 9.69. The molecule has 108 valence electrons. The summed E-state index contributed by atoms with van der Waals surface area (Å²) in [5.74, 6) is 2.13. The molecule has 0 aliphatic heterocycles. The molecule has 2 heterocycles. The van der Waals surface area contributed by atoms with Gasteiger partial charge in [-0.05, 0) is 6.42 Å². The van der Waals surface area contributed by atoms with Crippen molar-refractivity contribution in [2.24, 2.45) is 0 Å². The lowest BCUT2D eigenvalue weighted by molar-refractivity contribution is 0.411. The number of hydrogen-bond donors (Lipinski definition) is 2. The molecule has 0 fully saturated rings. The SMILES string of the molecule is CCCNc1nc(NCc2ncon2)nc(N(C)C)n1. The van der Waals surface area contributed by atoms with Crippen LogP contribution in [0.5, 0.6) is 0 Å². The largest absolute Gasteiger partial charge is 0.354 e. The van der Waals surface area contributed by atoms with Crippen LogP contribution in [0.15, 0.2) is 10.9 Å². The van der Waals surface area contributed by atoms with Crippen molar-refractivity contribution < 1.29 is 4.52 Å². The highest BCUT2D eigenvalue weighted by molar-refractivity contribution is 5.42. The second kappa shape index (κ2) is 6.64. The molecule has 0 aliphatic rings. The second-order valence-corrected chi connectivity index (χ2v) is 4.30. The van der Waals surface area contributed by atoms with Crippen LogP contribution in [0.1, 0.15) is 19.2 Å². The minimum atomic E-state index is 0.389. The quantitative estimate of drug-likeness (QED) is 0.759. The third kappa shape index (κ3) is 3.77. The molecule has 0 spiro atoms. The van der Waals surface area contributed by atoms with Gasteiger partial charge in [0.1, 0.15) is 0 Å². The molecule has 9 nitrogen and oxygen atoms in total. The van der Waals surface area contributed by atoms with Gasteiger partial charge in [0.25, 0.3) is 0 Å². The Bertz CT molecular complexity index is 527. The van der Waals surface area contributed by atoms with E-state index >= 15 is 0 Å². The summed E-state index contributed by atoms with van der Waals surface area (Å²) < 4.78 is 4.67. The van der Waals surface area contributed by atoms with Gasteiger partial charge in [0, 0.05) is 20.6 Å². The lowest BCUT2D eigenvalue weighted by atomic mass is 10.5. The Morgan fingerprint density at radius 2 is 1.90 bits per heavy atom. The van der Waals surface area contributed by atoms with Gasteiger partial charge in [0.2, 0.25) is 24.2 Å². The first-order valence-electron chi connectivity index (χ1n) is 6.35. The standard InChI is InChI=1S/C11H18N8O/c1-4-5-12-9-15-10(17-11(16-9)19(2)3)13-6-8-14-7-20-18-8/h7H,4-6H2,1-3H3,(H2,12,13,15,16,17). The minimum absolute atomic E-state index is 0.389. The first kappa shape index (κ1) is 14.0. The summed E-state index contributed by atoms with van der Waals surface area (Å²) in [7, 11) is 3.75. The fourth-order valence-corrected chi connectivity index (χ4v) is 1.39. The molecule has 2 N–H and O–H groups in total. The molecule has 0 aliphatic carbocycles. The molecule has 0 saturated carbocycles. The van der Waals surface area contributed by atoms with E-state index < -0.39 is 0 Å². The number of rotatable bonds is 7. The molecule has 0 radical (unpaired) electrons. The Morgan fingerprint density at radius 1 is 1.15 bits per heavy atom. The molecule has 0 bridgehead atoms. The lowest BCUT2D eigenvalue weighted by Crippen LogP contribution is -2.17. The number of aromatic nitrogens is 5. The van der Waals surface area contributed by atoms with Gasteiger partial charge in [-0.15, -0.1) is 0 Å². The van der Waals surface area contributed by atoms with Gasteiger partial charge in [0.05, 0.1) is 6.54 Å². The zero-order chi connectivity index (χ0) is 14.4. The van der Waals surface area contributed by atoms with Gasteiger partial charge in [-0.25, -0.2) is 0 Å². The third-order valence-electron chi connectivity index (χ3n) is 2.37. The van der Waals surface area contributed by atoms with E-state index in [0.717, 1.165) is 13.0 Å². The van der Waals surface area contributed by atoms with E-state index in [-0.39, 0.29) is 0 Å². The molecule has 2 rings (SSSR count). The zero-order valence-corrected chi connectivity index (χ0v) is 11.8. The van der Waals surface area contributed by atoms with Crippen LogP contribution in [0.3, 0.4) is 0 Å². The third-order valence-corrected chi connectivity index (χ3v) is 2.37. The summed E-state index contributed by atoms with van der Waals surface area (Å²) in [6.07, 6.45) is 2.28. The zero-order valence-electron chi connectivity index (χ0n) is 11.8. The summed E-state index contributed by atoms with van der Waals surface area (Å²) >= 11 is 0. The van der Waals surface area contributed by atoms with Crippen LogP contribution in [-0.4, -0.2) is 45.7 Å². The van der Waals surface area contributed by atoms with Crippen LogP contribution in [0.25, 0.3) is 0 Å². The molecule has 0 aromatic carbocycles. The van der Waals surface area contributed by atoms with E-state index in [1.807, 2.05) is 19.0 Å². The lowest BCUT2D eigenvalue weighted by Gasteiger charge is -2.13. The molecular weight excluding hydrogens is 260 g/mol. The van der Waals surface area contributed by atoms with Gasteiger partial charge in [-0.3, -0.25) is 0 Å². The van der Waals surface area contributed by atoms with Crippen molar-refractivity contribution in [2.45, 2.75) is 19.9 Å². The van der Waals surface area contributed by atoms with Crippen LogP contribution in [-0.2, 0) is 6.54 Å². The molecule has 20 heavy (non-hydrogen) atoms. The molecule has 2 aromatic heterocycles. The predicted octanol–water partition coefficient (Wildman–Crippen LogP) is 0.755. The van der Waals surface area contributed by atoms with E-state index in [0.29, 0.717) is 30.2 Å². The van der Waals surface area contributed by atoms with E-state index in [1.165, 1.54) is 6.39 Å². The molecular formula is C11H18N8O. The van der Waals surface area contributed by atoms with E-state index in [9.17, 15) is 0 Å². The highest BCUT2D eigenvalue weighted by Gasteiger charge is 2.08. The average molecular weight is 278 g/mol. The summed E-state index contributed by atoms with van der Waals surface area (Å²) in [6.45, 7) is 3.28. The smallest absolute Gasteiger partial charge is 0.231 e. The highest BCUT2D eigenvalue weighted by atomic mass is 16.5. The van der Waals surface area contributed by atoms with Crippen LogP contribution in [0.2, 0.25) is 0 Å². The van der Waals surface area contributed by atoms with E-state index in [4.69, 9.17) is 0 Å². The van der Waals surface area contributed by atoms with Crippen molar-refractivity contribution in [3.63, 3.8) is 0 Å².